The Bertz CT molecular complexity index is 828. The molecule has 0 spiro atoms. The monoisotopic (exact) mass is 488 g/mol. The lowest BCUT2D eigenvalue weighted by Crippen LogP contribution is -2.50. The average molecular weight is 489 g/mol. The smallest absolute Gasteiger partial charge is 0.407 e. The highest BCUT2D eigenvalue weighted by Gasteiger charge is 2.29. The van der Waals surface area contributed by atoms with Crippen molar-refractivity contribution in [1.29, 1.82) is 0 Å². The molecule has 0 saturated carbocycles. The summed E-state index contributed by atoms with van der Waals surface area (Å²) >= 11 is 0. The van der Waals surface area contributed by atoms with Crippen molar-refractivity contribution in [3.8, 4) is 0 Å². The third kappa shape index (κ3) is 9.14. The fourth-order valence-electron chi connectivity index (χ4n) is 4.65. The number of unbranched alkanes of at least 4 members (excludes halogenated alkanes) is 4. The summed E-state index contributed by atoms with van der Waals surface area (Å²) in [5.74, 6) is 0.195. The number of methoxy groups -OCH3 is 1. The minimum absolute atomic E-state index is 0.0773. The first kappa shape index (κ1) is 26.9. The zero-order chi connectivity index (χ0) is 24.9. The number of rotatable bonds is 12. The molecular formula is C26H40N4O5. The number of nitrogens with one attached hydrogen (secondary N) is 2. The van der Waals surface area contributed by atoms with Gasteiger partial charge in [0.1, 0.15) is 0 Å². The number of hydrogen-bond acceptors (Lipinski definition) is 6. The third-order valence-corrected chi connectivity index (χ3v) is 6.61. The minimum atomic E-state index is -0.479. The number of ether oxygens (including phenoxy) is 2. The molecule has 1 saturated heterocycles. The lowest BCUT2D eigenvalue weighted by atomic mass is 9.97. The molecule has 1 atom stereocenters. The van der Waals surface area contributed by atoms with Gasteiger partial charge in [0.25, 0.3) is 0 Å². The Balaban J connectivity index is 1.28. The number of amides is 3. The SMILES string of the molecule is COC(=O)N[C@H]1Cc2ccccc2N(C(=O)CCCCCCCC(=O)NCCN2CCOCC2)C1. The highest BCUT2D eigenvalue weighted by atomic mass is 16.5. The standard InChI is InChI=1S/C26H40N4O5/c1-34-26(33)28-22-19-21-9-7-8-10-23(21)30(20-22)25(32)12-6-4-2-3-5-11-24(31)27-13-14-29-15-17-35-18-16-29/h7-10,22H,2-6,11-20H2,1H3,(H,27,31)(H,28,33)/t22-/m0/s1. The van der Waals surface area contributed by atoms with Crippen molar-refractivity contribution in [2.24, 2.45) is 0 Å². The van der Waals surface area contributed by atoms with Crippen LogP contribution < -0.4 is 15.5 Å². The molecule has 0 unspecified atom stereocenters. The first-order valence-corrected chi connectivity index (χ1v) is 12.9. The van der Waals surface area contributed by atoms with Crippen LogP contribution in [0, 0.1) is 0 Å². The molecule has 0 aromatic heterocycles. The number of benzene rings is 1. The Kier molecular flexibility index (Phi) is 11.3. The van der Waals surface area contributed by atoms with E-state index in [1.54, 1.807) is 4.90 Å². The Morgan fingerprint density at radius 2 is 1.74 bits per heavy atom. The summed E-state index contributed by atoms with van der Waals surface area (Å²) in [6.45, 7) is 5.45. The highest BCUT2D eigenvalue weighted by molar-refractivity contribution is 5.94. The third-order valence-electron chi connectivity index (χ3n) is 6.61. The average Bonchev–Trinajstić information content (AvgIpc) is 2.88. The molecule has 0 radical (unpaired) electrons. The predicted octanol–water partition coefficient (Wildman–Crippen LogP) is 2.48. The van der Waals surface area contributed by atoms with Crippen LogP contribution in [0.2, 0.25) is 0 Å². The predicted molar refractivity (Wildman–Crippen MR) is 134 cm³/mol. The summed E-state index contributed by atoms with van der Waals surface area (Å²) in [5.41, 5.74) is 1.98. The van der Waals surface area contributed by atoms with Crippen LogP contribution >= 0.6 is 0 Å². The summed E-state index contributed by atoms with van der Waals surface area (Å²) in [4.78, 5) is 40.7. The number of fused-ring (bicyclic) bond motifs is 1. The van der Waals surface area contributed by atoms with Crippen molar-refractivity contribution in [2.75, 3.05) is 57.9 Å². The van der Waals surface area contributed by atoms with Crippen molar-refractivity contribution >= 4 is 23.6 Å². The Labute approximate surface area is 208 Å². The quantitative estimate of drug-likeness (QED) is 0.439. The molecule has 3 rings (SSSR count). The van der Waals surface area contributed by atoms with Gasteiger partial charge in [-0.15, -0.1) is 0 Å². The molecule has 1 aromatic rings. The lowest BCUT2D eigenvalue weighted by molar-refractivity contribution is -0.121. The van der Waals surface area contributed by atoms with Crippen LogP contribution in [-0.4, -0.2) is 81.9 Å². The van der Waals surface area contributed by atoms with Gasteiger partial charge in [-0.3, -0.25) is 14.5 Å². The van der Waals surface area contributed by atoms with Crippen LogP contribution in [0.4, 0.5) is 10.5 Å². The van der Waals surface area contributed by atoms with Gasteiger partial charge in [0.2, 0.25) is 11.8 Å². The first-order chi connectivity index (χ1) is 17.1. The van der Waals surface area contributed by atoms with Gasteiger partial charge in [0.05, 0.1) is 26.4 Å². The largest absolute Gasteiger partial charge is 0.453 e. The molecule has 2 aliphatic heterocycles. The van der Waals surface area contributed by atoms with E-state index in [2.05, 4.69) is 15.5 Å². The lowest BCUT2D eigenvalue weighted by Gasteiger charge is -2.34. The Hall–Kier alpha value is -2.65. The minimum Gasteiger partial charge on any atom is -0.453 e. The van der Waals surface area contributed by atoms with Gasteiger partial charge >= 0.3 is 6.09 Å². The van der Waals surface area contributed by atoms with Crippen LogP contribution in [0.25, 0.3) is 0 Å². The number of para-hydroxylation sites is 1. The van der Waals surface area contributed by atoms with Crippen LogP contribution in [0.1, 0.15) is 50.5 Å². The number of hydrogen-bond donors (Lipinski definition) is 2. The van der Waals surface area contributed by atoms with Gasteiger partial charge in [-0.25, -0.2) is 4.79 Å². The zero-order valence-corrected chi connectivity index (χ0v) is 20.9. The van der Waals surface area contributed by atoms with E-state index in [1.807, 2.05) is 24.3 Å². The van der Waals surface area contributed by atoms with Crippen molar-refractivity contribution in [3.63, 3.8) is 0 Å². The summed E-state index contributed by atoms with van der Waals surface area (Å²) < 4.78 is 10.1. The topological polar surface area (TPSA) is 100 Å². The fourth-order valence-corrected chi connectivity index (χ4v) is 4.65. The van der Waals surface area contributed by atoms with E-state index in [9.17, 15) is 14.4 Å². The zero-order valence-electron chi connectivity index (χ0n) is 20.9. The van der Waals surface area contributed by atoms with Crippen molar-refractivity contribution in [2.45, 2.75) is 57.4 Å². The van der Waals surface area contributed by atoms with Crippen molar-refractivity contribution in [3.05, 3.63) is 29.8 Å². The normalized spacial score (nSPS) is 18.0. The summed E-state index contributed by atoms with van der Waals surface area (Å²) in [6.07, 6.45) is 5.88. The second-order valence-corrected chi connectivity index (χ2v) is 9.24. The van der Waals surface area contributed by atoms with Gasteiger partial charge in [0, 0.05) is 51.3 Å². The van der Waals surface area contributed by atoms with Crippen molar-refractivity contribution in [1.82, 2.24) is 15.5 Å². The van der Waals surface area contributed by atoms with E-state index in [4.69, 9.17) is 9.47 Å². The first-order valence-electron chi connectivity index (χ1n) is 12.9. The molecule has 0 bridgehead atoms. The van der Waals surface area contributed by atoms with Crippen molar-refractivity contribution < 1.29 is 23.9 Å². The summed E-state index contributed by atoms with van der Waals surface area (Å²) in [5, 5.41) is 5.83. The number of morpholine rings is 1. The van der Waals surface area contributed by atoms with E-state index >= 15 is 0 Å². The molecular weight excluding hydrogens is 448 g/mol. The molecule has 1 fully saturated rings. The number of alkyl carbamates (subject to hydrolysis) is 1. The van der Waals surface area contributed by atoms with E-state index < -0.39 is 6.09 Å². The fraction of sp³-hybridized carbons (Fsp3) is 0.654. The maximum Gasteiger partial charge on any atom is 0.407 e. The summed E-state index contributed by atoms with van der Waals surface area (Å²) in [6, 6.07) is 7.69. The summed E-state index contributed by atoms with van der Waals surface area (Å²) in [7, 11) is 1.34. The van der Waals surface area contributed by atoms with Crippen LogP contribution in [0.15, 0.2) is 24.3 Å². The number of carbonyl (C=O) groups is 3. The van der Waals surface area contributed by atoms with Gasteiger partial charge in [0.15, 0.2) is 0 Å². The molecule has 0 aliphatic carbocycles. The molecule has 9 nitrogen and oxygen atoms in total. The number of nitrogens with zero attached hydrogens (tertiary/aromatic N) is 2. The van der Waals surface area contributed by atoms with E-state index in [1.165, 1.54) is 7.11 Å². The van der Waals surface area contributed by atoms with E-state index in [0.29, 0.717) is 32.4 Å². The molecule has 35 heavy (non-hydrogen) atoms. The second-order valence-electron chi connectivity index (χ2n) is 9.24. The van der Waals surface area contributed by atoms with Gasteiger partial charge < -0.3 is 25.0 Å². The van der Waals surface area contributed by atoms with Crippen LogP contribution in [-0.2, 0) is 25.5 Å². The maximum atomic E-state index is 13.0. The van der Waals surface area contributed by atoms with Gasteiger partial charge in [-0.2, -0.15) is 0 Å². The van der Waals surface area contributed by atoms with E-state index in [-0.39, 0.29) is 17.9 Å². The molecule has 9 heteroatoms. The number of anilines is 1. The molecule has 2 heterocycles. The Morgan fingerprint density at radius 1 is 1.03 bits per heavy atom. The maximum absolute atomic E-state index is 13.0. The molecule has 194 valence electrons. The van der Waals surface area contributed by atoms with E-state index in [0.717, 1.165) is 76.2 Å². The molecule has 1 aromatic carbocycles. The van der Waals surface area contributed by atoms with Gasteiger partial charge in [-0.05, 0) is 30.9 Å². The molecule has 2 N–H and O–H groups in total. The second kappa shape index (κ2) is 14.7. The molecule has 3 amide bonds. The Morgan fingerprint density at radius 3 is 2.51 bits per heavy atom. The highest BCUT2D eigenvalue weighted by Crippen LogP contribution is 2.28. The van der Waals surface area contributed by atoms with Crippen LogP contribution in [0.3, 0.4) is 0 Å². The van der Waals surface area contributed by atoms with Crippen LogP contribution in [0.5, 0.6) is 0 Å². The number of carbonyl (C=O) groups excluding carboxylic acids is 3. The molecule has 2 aliphatic rings. The van der Waals surface area contributed by atoms with Gasteiger partial charge in [-0.1, -0.05) is 37.5 Å².